The molecular weight excluding hydrogens is 302 g/mol. The summed E-state index contributed by atoms with van der Waals surface area (Å²) in [6.07, 6.45) is 5.04. The van der Waals surface area contributed by atoms with Crippen LogP contribution < -0.4 is 5.73 Å². The van der Waals surface area contributed by atoms with E-state index in [0.717, 1.165) is 16.1 Å². The molecule has 1 aromatic carbocycles. The average molecular weight is 320 g/mol. The van der Waals surface area contributed by atoms with E-state index in [1.165, 1.54) is 42.4 Å². The van der Waals surface area contributed by atoms with Crippen molar-refractivity contribution in [3.63, 3.8) is 0 Å². The van der Waals surface area contributed by atoms with Gasteiger partial charge in [0.15, 0.2) is 0 Å². The molecule has 1 aliphatic rings. The maximum atomic E-state index is 5.72. The number of benzene rings is 1. The minimum atomic E-state index is 0.458. The summed E-state index contributed by atoms with van der Waals surface area (Å²) in [4.78, 5) is 4.47. The van der Waals surface area contributed by atoms with Crippen LogP contribution in [0.3, 0.4) is 0 Å². The van der Waals surface area contributed by atoms with Gasteiger partial charge in [-0.15, -0.1) is 0 Å². The summed E-state index contributed by atoms with van der Waals surface area (Å²) in [5.41, 5.74) is 11.1. The molecule has 2 aromatic rings. The van der Waals surface area contributed by atoms with Crippen LogP contribution in [0.5, 0.6) is 0 Å². The Balaban J connectivity index is 2.09. The van der Waals surface area contributed by atoms with Gasteiger partial charge in [0.25, 0.3) is 0 Å². The van der Waals surface area contributed by atoms with Crippen molar-refractivity contribution in [2.75, 3.05) is 0 Å². The van der Waals surface area contributed by atoms with E-state index in [1.807, 2.05) is 7.05 Å². The van der Waals surface area contributed by atoms with E-state index < -0.39 is 0 Å². The van der Waals surface area contributed by atoms with E-state index in [-0.39, 0.29) is 0 Å². The third-order valence-electron chi connectivity index (χ3n) is 3.95. The van der Waals surface area contributed by atoms with Crippen LogP contribution in [0.4, 0.5) is 0 Å². The van der Waals surface area contributed by atoms with Gasteiger partial charge >= 0.3 is 0 Å². The number of fused-ring (bicyclic) bond motifs is 1. The molecule has 3 rings (SSSR count). The summed E-state index contributed by atoms with van der Waals surface area (Å²) in [5.74, 6) is 0.902. The molecule has 0 amide bonds. The van der Waals surface area contributed by atoms with Gasteiger partial charge in [-0.05, 0) is 58.8 Å². The van der Waals surface area contributed by atoms with Gasteiger partial charge in [-0.2, -0.15) is 0 Å². The number of nitrogens with zero attached hydrogens (tertiary/aromatic N) is 2. The first-order chi connectivity index (χ1) is 9.20. The molecule has 0 fully saturated rings. The molecule has 0 saturated heterocycles. The predicted octanol–water partition coefficient (Wildman–Crippen LogP) is 3.19. The fourth-order valence-electron chi connectivity index (χ4n) is 2.88. The third-order valence-corrected chi connectivity index (χ3v) is 4.50. The molecule has 1 aromatic heterocycles. The van der Waals surface area contributed by atoms with Gasteiger partial charge in [0, 0.05) is 12.6 Å². The van der Waals surface area contributed by atoms with Crippen LogP contribution in [-0.4, -0.2) is 9.55 Å². The van der Waals surface area contributed by atoms with Crippen LogP contribution in [0.1, 0.15) is 29.8 Å². The summed E-state index contributed by atoms with van der Waals surface area (Å²) in [6, 6.07) is 6.79. The van der Waals surface area contributed by atoms with Crippen molar-refractivity contribution in [2.45, 2.75) is 32.2 Å². The Kier molecular flexibility index (Phi) is 3.46. The number of hydrogen-bond donors (Lipinski definition) is 1. The molecule has 0 bridgehead atoms. The van der Waals surface area contributed by atoms with Gasteiger partial charge in [-0.3, -0.25) is 0 Å². The highest BCUT2D eigenvalue weighted by atomic mass is 79.9. The van der Waals surface area contributed by atoms with Crippen molar-refractivity contribution >= 4 is 15.9 Å². The second-order valence-corrected chi connectivity index (χ2v) is 5.87. The number of aromatic nitrogens is 2. The molecule has 0 saturated carbocycles. The van der Waals surface area contributed by atoms with Crippen molar-refractivity contribution in [3.05, 3.63) is 39.8 Å². The Hall–Kier alpha value is -1.13. The lowest BCUT2D eigenvalue weighted by atomic mass is 9.90. The van der Waals surface area contributed by atoms with E-state index in [4.69, 9.17) is 5.73 Å². The highest BCUT2D eigenvalue weighted by molar-refractivity contribution is 9.10. The lowest BCUT2D eigenvalue weighted by Crippen LogP contribution is -2.06. The molecule has 0 radical (unpaired) electrons. The van der Waals surface area contributed by atoms with Gasteiger partial charge in [-0.25, -0.2) is 4.98 Å². The molecule has 0 atom stereocenters. The second-order valence-electron chi connectivity index (χ2n) is 5.12. The molecule has 1 heterocycles. The van der Waals surface area contributed by atoms with Crippen LogP contribution in [0.2, 0.25) is 0 Å². The smallest absolute Gasteiger partial charge is 0.132 e. The Morgan fingerprint density at radius 1 is 1.26 bits per heavy atom. The summed E-state index contributed by atoms with van der Waals surface area (Å²) in [6.45, 7) is 0.458. The van der Waals surface area contributed by atoms with Crippen molar-refractivity contribution in [3.8, 4) is 11.3 Å². The summed E-state index contributed by atoms with van der Waals surface area (Å²) in [7, 11) is 2.02. The number of rotatable bonds is 2. The van der Waals surface area contributed by atoms with E-state index in [1.54, 1.807) is 0 Å². The topological polar surface area (TPSA) is 43.8 Å². The van der Waals surface area contributed by atoms with E-state index in [9.17, 15) is 0 Å². The molecule has 4 heteroatoms. The van der Waals surface area contributed by atoms with Gasteiger partial charge < -0.3 is 10.3 Å². The number of halogens is 1. The van der Waals surface area contributed by atoms with Crippen molar-refractivity contribution in [1.82, 2.24) is 9.55 Å². The highest BCUT2D eigenvalue weighted by Crippen LogP contribution is 2.32. The summed E-state index contributed by atoms with van der Waals surface area (Å²) in [5, 5.41) is 0. The largest absolute Gasteiger partial charge is 0.329 e. The van der Waals surface area contributed by atoms with Gasteiger partial charge in [0.05, 0.1) is 12.2 Å². The second kappa shape index (κ2) is 5.10. The van der Waals surface area contributed by atoms with E-state index in [0.29, 0.717) is 6.54 Å². The molecule has 19 heavy (non-hydrogen) atoms. The first kappa shape index (κ1) is 12.9. The standard InChI is InChI=1S/C15H18BrN3/c1-19-13(9-17)18-15(16)14(19)12-7-6-10-4-2-3-5-11(10)8-12/h6-8H,2-5,9,17H2,1H3. The predicted molar refractivity (Wildman–Crippen MR) is 80.9 cm³/mol. The molecule has 100 valence electrons. The Morgan fingerprint density at radius 3 is 2.68 bits per heavy atom. The summed E-state index contributed by atoms with van der Waals surface area (Å²) < 4.78 is 2.96. The molecule has 2 N–H and O–H groups in total. The lowest BCUT2D eigenvalue weighted by molar-refractivity contribution is 0.685. The molecule has 0 unspecified atom stereocenters. The SMILES string of the molecule is Cn1c(CN)nc(Br)c1-c1ccc2c(c1)CCCC2. The van der Waals surface area contributed by atoms with Crippen LogP contribution in [0, 0.1) is 0 Å². The third kappa shape index (κ3) is 2.23. The fourth-order valence-corrected chi connectivity index (χ4v) is 3.58. The maximum absolute atomic E-state index is 5.72. The van der Waals surface area contributed by atoms with Gasteiger partial charge in [0.2, 0.25) is 0 Å². The first-order valence-electron chi connectivity index (χ1n) is 6.74. The number of imidazole rings is 1. The molecule has 1 aliphatic carbocycles. The normalized spacial score (nSPS) is 14.5. The van der Waals surface area contributed by atoms with Gasteiger partial charge in [-0.1, -0.05) is 12.1 Å². The zero-order valence-electron chi connectivity index (χ0n) is 11.1. The van der Waals surface area contributed by atoms with E-state index in [2.05, 4.69) is 43.7 Å². The number of nitrogens with two attached hydrogens (primary N) is 1. The van der Waals surface area contributed by atoms with E-state index >= 15 is 0 Å². The molecule has 0 aliphatic heterocycles. The summed E-state index contributed by atoms with van der Waals surface area (Å²) >= 11 is 3.55. The Morgan fingerprint density at radius 2 is 2.00 bits per heavy atom. The zero-order chi connectivity index (χ0) is 13.4. The quantitative estimate of drug-likeness (QED) is 0.923. The van der Waals surface area contributed by atoms with Crippen LogP contribution >= 0.6 is 15.9 Å². The monoisotopic (exact) mass is 319 g/mol. The van der Waals surface area contributed by atoms with Crippen LogP contribution in [0.15, 0.2) is 22.8 Å². The Labute approximate surface area is 122 Å². The molecular formula is C15H18BrN3. The zero-order valence-corrected chi connectivity index (χ0v) is 12.7. The molecule has 0 spiro atoms. The highest BCUT2D eigenvalue weighted by Gasteiger charge is 2.16. The maximum Gasteiger partial charge on any atom is 0.132 e. The number of aryl methyl sites for hydroxylation is 2. The minimum Gasteiger partial charge on any atom is -0.329 e. The van der Waals surface area contributed by atoms with Crippen molar-refractivity contribution in [2.24, 2.45) is 12.8 Å². The average Bonchev–Trinajstić information content (AvgIpc) is 2.73. The van der Waals surface area contributed by atoms with Crippen molar-refractivity contribution < 1.29 is 0 Å². The minimum absolute atomic E-state index is 0.458. The lowest BCUT2D eigenvalue weighted by Gasteiger charge is -2.17. The van der Waals surface area contributed by atoms with Crippen molar-refractivity contribution in [1.29, 1.82) is 0 Å². The van der Waals surface area contributed by atoms with Crippen LogP contribution in [0.25, 0.3) is 11.3 Å². The molecule has 3 nitrogen and oxygen atoms in total. The first-order valence-corrected chi connectivity index (χ1v) is 7.53. The fraction of sp³-hybridized carbons (Fsp3) is 0.400. The number of hydrogen-bond acceptors (Lipinski definition) is 2. The van der Waals surface area contributed by atoms with Gasteiger partial charge in [0.1, 0.15) is 10.4 Å². The Bertz CT molecular complexity index is 616. The van der Waals surface area contributed by atoms with Crippen LogP contribution in [-0.2, 0) is 26.4 Å².